The molecule has 0 unspecified atom stereocenters. The van der Waals surface area contributed by atoms with Crippen LogP contribution in [0, 0.1) is 5.82 Å². The molecule has 0 bridgehead atoms. The molecule has 3 N–H and O–H groups in total. The molecule has 21 heavy (non-hydrogen) atoms. The Bertz CT molecular complexity index is 681. The molecule has 2 amide bonds. The number of aromatic nitrogens is 2. The number of nitrogens with zero attached hydrogens (tertiary/aromatic N) is 1. The number of benzene rings is 1. The molecular weight excluding hydrogens is 275 g/mol. The van der Waals surface area contributed by atoms with Gasteiger partial charge < -0.3 is 10.6 Å². The lowest BCUT2D eigenvalue weighted by Gasteiger charge is -2.08. The van der Waals surface area contributed by atoms with Crippen LogP contribution in [0.25, 0.3) is 11.3 Å². The fourth-order valence-electron chi connectivity index (χ4n) is 2.18. The molecule has 108 valence electrons. The summed E-state index contributed by atoms with van der Waals surface area (Å²) in [5, 5.41) is 12.1. The Labute approximate surface area is 119 Å². The van der Waals surface area contributed by atoms with Gasteiger partial charge in [0.15, 0.2) is 0 Å². The van der Waals surface area contributed by atoms with E-state index in [1.165, 1.54) is 12.1 Å². The van der Waals surface area contributed by atoms with E-state index in [0.717, 1.165) is 0 Å². The first-order chi connectivity index (χ1) is 10.1. The number of aromatic amines is 1. The van der Waals surface area contributed by atoms with E-state index in [-0.39, 0.29) is 30.1 Å². The SMILES string of the molecule is O=C1C[C@H](NC(=O)c2cc(-c3ccc(F)cc3)n[nH]2)CN1. The zero-order valence-corrected chi connectivity index (χ0v) is 11.0. The Morgan fingerprint density at radius 1 is 1.33 bits per heavy atom. The van der Waals surface area contributed by atoms with E-state index in [1.807, 2.05) is 0 Å². The highest BCUT2D eigenvalue weighted by atomic mass is 19.1. The van der Waals surface area contributed by atoms with Gasteiger partial charge in [0.1, 0.15) is 11.5 Å². The highest BCUT2D eigenvalue weighted by molar-refractivity contribution is 5.94. The number of amides is 2. The first-order valence-electron chi connectivity index (χ1n) is 6.51. The van der Waals surface area contributed by atoms with Gasteiger partial charge >= 0.3 is 0 Å². The van der Waals surface area contributed by atoms with Crippen LogP contribution < -0.4 is 10.6 Å². The number of rotatable bonds is 3. The molecule has 1 aromatic heterocycles. The van der Waals surface area contributed by atoms with Crippen LogP contribution in [0.1, 0.15) is 16.9 Å². The van der Waals surface area contributed by atoms with Crippen molar-refractivity contribution in [3.8, 4) is 11.3 Å². The summed E-state index contributed by atoms with van der Waals surface area (Å²) in [6.45, 7) is 0.434. The Hall–Kier alpha value is -2.70. The van der Waals surface area contributed by atoms with Gasteiger partial charge in [0.2, 0.25) is 5.91 Å². The van der Waals surface area contributed by atoms with E-state index < -0.39 is 0 Å². The first kappa shape index (κ1) is 13.3. The zero-order chi connectivity index (χ0) is 14.8. The van der Waals surface area contributed by atoms with Crippen LogP contribution >= 0.6 is 0 Å². The average Bonchev–Trinajstić information content (AvgIpc) is 3.09. The lowest BCUT2D eigenvalue weighted by Crippen LogP contribution is -2.36. The van der Waals surface area contributed by atoms with Crippen LogP contribution in [0.4, 0.5) is 4.39 Å². The largest absolute Gasteiger partial charge is 0.354 e. The quantitative estimate of drug-likeness (QED) is 0.782. The summed E-state index contributed by atoms with van der Waals surface area (Å²) in [5.41, 5.74) is 1.57. The minimum Gasteiger partial charge on any atom is -0.354 e. The standard InChI is InChI=1S/C14H13FN4O2/c15-9-3-1-8(2-4-9)11-6-12(19-18-11)14(21)17-10-5-13(20)16-7-10/h1-4,6,10H,5,7H2,(H,16,20)(H,17,21)(H,18,19)/t10-/m0/s1. The number of carbonyl (C=O) groups is 2. The summed E-state index contributed by atoms with van der Waals surface area (Å²) in [6, 6.07) is 7.23. The lowest BCUT2D eigenvalue weighted by atomic mass is 10.1. The van der Waals surface area contributed by atoms with Gasteiger partial charge in [0, 0.05) is 18.5 Å². The first-order valence-corrected chi connectivity index (χ1v) is 6.51. The van der Waals surface area contributed by atoms with Crippen molar-refractivity contribution in [3.05, 3.63) is 41.8 Å². The van der Waals surface area contributed by atoms with Gasteiger partial charge in [-0.3, -0.25) is 14.7 Å². The number of H-pyrrole nitrogens is 1. The van der Waals surface area contributed by atoms with Gasteiger partial charge in [-0.25, -0.2) is 4.39 Å². The van der Waals surface area contributed by atoms with Gasteiger partial charge in [-0.2, -0.15) is 5.10 Å². The van der Waals surface area contributed by atoms with Crippen LogP contribution in [0.5, 0.6) is 0 Å². The minimum atomic E-state index is -0.328. The fraction of sp³-hybridized carbons (Fsp3) is 0.214. The van der Waals surface area contributed by atoms with Crippen LogP contribution in [0.15, 0.2) is 30.3 Å². The summed E-state index contributed by atoms with van der Waals surface area (Å²) in [7, 11) is 0. The molecule has 1 saturated heterocycles. The van der Waals surface area contributed by atoms with Crippen molar-refractivity contribution in [1.82, 2.24) is 20.8 Å². The highest BCUT2D eigenvalue weighted by Gasteiger charge is 2.24. The van der Waals surface area contributed by atoms with Crippen molar-refractivity contribution in [2.45, 2.75) is 12.5 Å². The Morgan fingerprint density at radius 2 is 2.10 bits per heavy atom. The van der Waals surface area contributed by atoms with Crippen molar-refractivity contribution in [3.63, 3.8) is 0 Å². The van der Waals surface area contributed by atoms with Gasteiger partial charge in [-0.15, -0.1) is 0 Å². The fourth-order valence-corrected chi connectivity index (χ4v) is 2.18. The molecule has 2 aromatic rings. The molecule has 1 aliphatic rings. The van der Waals surface area contributed by atoms with Crippen LogP contribution in [-0.2, 0) is 4.79 Å². The highest BCUT2D eigenvalue weighted by Crippen LogP contribution is 2.18. The predicted octanol–water partition coefficient (Wildman–Crippen LogP) is 0.834. The topological polar surface area (TPSA) is 86.9 Å². The number of hydrogen-bond acceptors (Lipinski definition) is 3. The number of hydrogen-bond donors (Lipinski definition) is 3. The molecule has 0 spiro atoms. The van der Waals surface area contributed by atoms with Crippen molar-refractivity contribution in [2.24, 2.45) is 0 Å². The van der Waals surface area contributed by atoms with E-state index in [9.17, 15) is 14.0 Å². The molecular formula is C14H13FN4O2. The zero-order valence-electron chi connectivity index (χ0n) is 11.0. The van der Waals surface area contributed by atoms with E-state index >= 15 is 0 Å². The van der Waals surface area contributed by atoms with Crippen molar-refractivity contribution in [2.75, 3.05) is 6.54 Å². The van der Waals surface area contributed by atoms with Crippen LogP contribution in [0.2, 0.25) is 0 Å². The second-order valence-corrected chi connectivity index (χ2v) is 4.85. The molecule has 3 rings (SSSR count). The third-order valence-corrected chi connectivity index (χ3v) is 3.28. The molecule has 2 heterocycles. The molecule has 6 nitrogen and oxygen atoms in total. The molecule has 1 fully saturated rings. The number of halogens is 1. The summed E-state index contributed by atoms with van der Waals surface area (Å²) in [6.07, 6.45) is 0.282. The predicted molar refractivity (Wildman–Crippen MR) is 72.9 cm³/mol. The van der Waals surface area contributed by atoms with Crippen LogP contribution in [0.3, 0.4) is 0 Å². The summed E-state index contributed by atoms with van der Waals surface area (Å²) < 4.78 is 12.9. The summed E-state index contributed by atoms with van der Waals surface area (Å²) in [4.78, 5) is 23.1. The Balaban J connectivity index is 1.71. The summed E-state index contributed by atoms with van der Waals surface area (Å²) >= 11 is 0. The monoisotopic (exact) mass is 288 g/mol. The van der Waals surface area contributed by atoms with E-state index in [1.54, 1.807) is 18.2 Å². The third-order valence-electron chi connectivity index (χ3n) is 3.28. The minimum absolute atomic E-state index is 0.0723. The maximum absolute atomic E-state index is 12.9. The molecule has 0 radical (unpaired) electrons. The third kappa shape index (κ3) is 2.91. The number of carbonyl (C=O) groups excluding carboxylic acids is 2. The van der Waals surface area contributed by atoms with Crippen molar-refractivity contribution in [1.29, 1.82) is 0 Å². The maximum atomic E-state index is 12.9. The van der Waals surface area contributed by atoms with Crippen LogP contribution in [-0.4, -0.2) is 34.6 Å². The average molecular weight is 288 g/mol. The van der Waals surface area contributed by atoms with Gasteiger partial charge in [0.25, 0.3) is 5.91 Å². The Morgan fingerprint density at radius 3 is 2.76 bits per heavy atom. The normalized spacial score (nSPS) is 17.6. The van der Waals surface area contributed by atoms with E-state index in [4.69, 9.17) is 0 Å². The maximum Gasteiger partial charge on any atom is 0.269 e. The lowest BCUT2D eigenvalue weighted by molar-refractivity contribution is -0.119. The molecule has 1 aliphatic heterocycles. The number of nitrogens with one attached hydrogen (secondary N) is 3. The van der Waals surface area contributed by atoms with E-state index in [0.29, 0.717) is 23.5 Å². The van der Waals surface area contributed by atoms with Crippen molar-refractivity contribution >= 4 is 11.8 Å². The van der Waals surface area contributed by atoms with Gasteiger partial charge in [-0.05, 0) is 30.3 Å². The molecule has 0 aliphatic carbocycles. The van der Waals surface area contributed by atoms with Gasteiger partial charge in [-0.1, -0.05) is 0 Å². The van der Waals surface area contributed by atoms with Gasteiger partial charge in [0.05, 0.1) is 11.7 Å². The summed E-state index contributed by atoms with van der Waals surface area (Å²) in [5.74, 6) is -0.722. The Kier molecular flexibility index (Phi) is 3.39. The second kappa shape index (κ2) is 5.35. The van der Waals surface area contributed by atoms with E-state index in [2.05, 4.69) is 20.8 Å². The molecule has 0 saturated carbocycles. The molecule has 7 heteroatoms. The van der Waals surface area contributed by atoms with Crippen molar-refractivity contribution < 1.29 is 14.0 Å². The molecule has 1 atom stereocenters. The smallest absolute Gasteiger partial charge is 0.269 e. The second-order valence-electron chi connectivity index (χ2n) is 4.85. The molecule has 1 aromatic carbocycles.